The van der Waals surface area contributed by atoms with Gasteiger partial charge in [-0.1, -0.05) is 32.9 Å². The van der Waals surface area contributed by atoms with Crippen LogP contribution in [0.3, 0.4) is 0 Å². The summed E-state index contributed by atoms with van der Waals surface area (Å²) in [5.74, 6) is 0.860. The van der Waals surface area contributed by atoms with Gasteiger partial charge in [0.15, 0.2) is 4.96 Å². The van der Waals surface area contributed by atoms with Crippen LogP contribution < -0.4 is 10.5 Å². The van der Waals surface area contributed by atoms with Crippen molar-refractivity contribution in [3.8, 4) is 17.0 Å². The fourth-order valence-corrected chi connectivity index (χ4v) is 3.78. The van der Waals surface area contributed by atoms with Gasteiger partial charge in [0.05, 0.1) is 18.5 Å². The number of rotatable bonds is 4. The van der Waals surface area contributed by atoms with Gasteiger partial charge in [-0.15, -0.1) is 11.3 Å². The third-order valence-corrected chi connectivity index (χ3v) is 4.74. The summed E-state index contributed by atoms with van der Waals surface area (Å²) in [6.45, 7) is 7.21. The molecule has 0 radical (unpaired) electrons. The Hall–Kier alpha value is -1.85. The van der Waals surface area contributed by atoms with Crippen LogP contribution >= 0.6 is 11.3 Å². The average Bonchev–Trinajstić information content (AvgIpc) is 3.07. The molecule has 0 fully saturated rings. The largest absolute Gasteiger partial charge is 0.497 e. The van der Waals surface area contributed by atoms with Gasteiger partial charge in [0.1, 0.15) is 5.75 Å². The summed E-state index contributed by atoms with van der Waals surface area (Å²) in [5.41, 5.74) is 10.5. The van der Waals surface area contributed by atoms with Crippen molar-refractivity contribution in [1.29, 1.82) is 0 Å². The van der Waals surface area contributed by atoms with Crippen molar-refractivity contribution in [2.45, 2.75) is 32.6 Å². The molecule has 0 unspecified atom stereocenters. The molecule has 0 aliphatic carbocycles. The molecule has 122 valence electrons. The van der Waals surface area contributed by atoms with Gasteiger partial charge in [-0.3, -0.25) is 4.40 Å². The molecule has 0 amide bonds. The Morgan fingerprint density at radius 1 is 1.30 bits per heavy atom. The van der Waals surface area contributed by atoms with Gasteiger partial charge >= 0.3 is 0 Å². The molecule has 2 N–H and O–H groups in total. The maximum Gasteiger partial charge on any atom is 0.194 e. The Balaban J connectivity index is 2.24. The van der Waals surface area contributed by atoms with Gasteiger partial charge in [-0.2, -0.15) is 0 Å². The lowest BCUT2D eigenvalue weighted by Gasteiger charge is -2.18. The van der Waals surface area contributed by atoms with Crippen LogP contribution in [0.5, 0.6) is 5.75 Å². The predicted molar refractivity (Wildman–Crippen MR) is 96.5 cm³/mol. The van der Waals surface area contributed by atoms with Gasteiger partial charge in [0.2, 0.25) is 0 Å². The molecule has 23 heavy (non-hydrogen) atoms. The van der Waals surface area contributed by atoms with Crippen LogP contribution in [0.1, 0.15) is 32.2 Å². The first-order chi connectivity index (χ1) is 11.0. The molecule has 3 aromatic rings. The topological polar surface area (TPSA) is 52.5 Å². The Morgan fingerprint density at radius 2 is 2.09 bits per heavy atom. The van der Waals surface area contributed by atoms with Gasteiger partial charge < -0.3 is 10.5 Å². The monoisotopic (exact) mass is 329 g/mol. The number of nitrogens with two attached hydrogens (primary N) is 1. The number of fused-ring (bicyclic) bond motifs is 1. The lowest BCUT2D eigenvalue weighted by atomic mass is 9.90. The molecule has 0 saturated carbocycles. The number of aromatic nitrogens is 2. The molecule has 2 heterocycles. The zero-order valence-corrected chi connectivity index (χ0v) is 14.9. The highest BCUT2D eigenvalue weighted by molar-refractivity contribution is 7.15. The van der Waals surface area contributed by atoms with E-state index >= 15 is 0 Å². The predicted octanol–water partition coefficient (Wildman–Crippen LogP) is 3.87. The van der Waals surface area contributed by atoms with Crippen molar-refractivity contribution in [1.82, 2.24) is 9.38 Å². The van der Waals surface area contributed by atoms with Gasteiger partial charge in [-0.25, -0.2) is 4.98 Å². The fourth-order valence-electron chi connectivity index (χ4n) is 2.87. The molecule has 1 aromatic carbocycles. The van der Waals surface area contributed by atoms with E-state index in [2.05, 4.69) is 42.7 Å². The van der Waals surface area contributed by atoms with Crippen LogP contribution in [-0.2, 0) is 11.8 Å². The highest BCUT2D eigenvalue weighted by atomic mass is 32.1. The number of methoxy groups -OCH3 is 1. The van der Waals surface area contributed by atoms with Crippen LogP contribution in [0.2, 0.25) is 0 Å². The molecular formula is C18H23N3OS. The smallest absolute Gasteiger partial charge is 0.194 e. The zero-order valence-electron chi connectivity index (χ0n) is 14.1. The van der Waals surface area contributed by atoms with Gasteiger partial charge in [0.25, 0.3) is 0 Å². The van der Waals surface area contributed by atoms with Crippen molar-refractivity contribution in [2.75, 3.05) is 13.7 Å². The maximum atomic E-state index is 5.87. The van der Waals surface area contributed by atoms with E-state index in [0.29, 0.717) is 6.54 Å². The lowest BCUT2D eigenvalue weighted by Crippen LogP contribution is -2.17. The number of nitrogens with zero attached hydrogens (tertiary/aromatic N) is 2. The number of ether oxygens (including phenoxy) is 1. The highest BCUT2D eigenvalue weighted by Gasteiger charge is 2.25. The van der Waals surface area contributed by atoms with Crippen molar-refractivity contribution in [2.24, 2.45) is 5.73 Å². The summed E-state index contributed by atoms with van der Waals surface area (Å²) in [6, 6.07) is 8.14. The SMILES string of the molecule is COc1cccc(-c2csc3nc(C(C)(C)C)c(CCN)n23)c1. The molecule has 0 saturated heterocycles. The van der Waals surface area contributed by atoms with Crippen LogP contribution in [0.15, 0.2) is 29.6 Å². The average molecular weight is 329 g/mol. The van der Waals surface area contributed by atoms with Crippen LogP contribution in [-0.4, -0.2) is 23.0 Å². The second-order valence-electron chi connectivity index (χ2n) is 6.67. The van der Waals surface area contributed by atoms with E-state index < -0.39 is 0 Å². The minimum atomic E-state index is 0.00188. The quantitative estimate of drug-likeness (QED) is 0.790. The van der Waals surface area contributed by atoms with E-state index in [-0.39, 0.29) is 5.41 Å². The lowest BCUT2D eigenvalue weighted by molar-refractivity contribution is 0.415. The van der Waals surface area contributed by atoms with E-state index in [1.807, 2.05) is 12.1 Å². The molecule has 0 aliphatic heterocycles. The fraction of sp³-hybridized carbons (Fsp3) is 0.389. The Bertz CT molecular complexity index is 827. The summed E-state index contributed by atoms with van der Waals surface area (Å²) in [7, 11) is 1.69. The summed E-state index contributed by atoms with van der Waals surface area (Å²) in [4.78, 5) is 5.91. The number of thiazole rings is 1. The van der Waals surface area contributed by atoms with Crippen LogP contribution in [0, 0.1) is 0 Å². The maximum absolute atomic E-state index is 5.87. The summed E-state index contributed by atoms with van der Waals surface area (Å²) in [5, 5.41) is 2.16. The number of hydrogen-bond acceptors (Lipinski definition) is 4. The van der Waals surface area contributed by atoms with Crippen molar-refractivity contribution >= 4 is 16.3 Å². The first-order valence-electron chi connectivity index (χ1n) is 7.79. The van der Waals surface area contributed by atoms with Crippen molar-refractivity contribution < 1.29 is 4.74 Å². The Labute approximate surface area is 140 Å². The minimum Gasteiger partial charge on any atom is -0.497 e. The standard InChI is InChI=1S/C18H23N3OS/c1-18(2,3)16-14(8-9-19)21-15(11-23-17(21)20-16)12-6-5-7-13(10-12)22-4/h5-7,10-11H,8-9,19H2,1-4H3. The summed E-state index contributed by atoms with van der Waals surface area (Å²) >= 11 is 1.67. The normalized spacial score (nSPS) is 12.0. The molecule has 0 bridgehead atoms. The highest BCUT2D eigenvalue weighted by Crippen LogP contribution is 2.34. The molecule has 0 atom stereocenters. The van der Waals surface area contributed by atoms with E-state index in [0.717, 1.165) is 34.1 Å². The third-order valence-electron chi connectivity index (χ3n) is 3.92. The molecule has 2 aromatic heterocycles. The molecular weight excluding hydrogens is 306 g/mol. The van der Waals surface area contributed by atoms with E-state index in [1.165, 1.54) is 5.69 Å². The second kappa shape index (κ2) is 5.98. The van der Waals surface area contributed by atoms with Crippen LogP contribution in [0.4, 0.5) is 0 Å². The number of hydrogen-bond donors (Lipinski definition) is 1. The summed E-state index contributed by atoms with van der Waals surface area (Å²) < 4.78 is 7.62. The number of benzene rings is 1. The molecule has 3 rings (SSSR count). The first kappa shape index (κ1) is 16.0. The third kappa shape index (κ3) is 2.86. The zero-order chi connectivity index (χ0) is 16.6. The van der Waals surface area contributed by atoms with E-state index in [9.17, 15) is 0 Å². The summed E-state index contributed by atoms with van der Waals surface area (Å²) in [6.07, 6.45) is 0.821. The number of imidazole rings is 1. The minimum absolute atomic E-state index is 0.00188. The Kier molecular flexibility index (Phi) is 4.17. The first-order valence-corrected chi connectivity index (χ1v) is 8.67. The van der Waals surface area contributed by atoms with Crippen LogP contribution in [0.25, 0.3) is 16.2 Å². The van der Waals surface area contributed by atoms with E-state index in [4.69, 9.17) is 15.5 Å². The van der Waals surface area contributed by atoms with Gasteiger partial charge in [-0.05, 0) is 18.7 Å². The Morgan fingerprint density at radius 3 is 2.74 bits per heavy atom. The van der Waals surface area contributed by atoms with Crippen molar-refractivity contribution in [3.63, 3.8) is 0 Å². The van der Waals surface area contributed by atoms with E-state index in [1.54, 1.807) is 18.4 Å². The van der Waals surface area contributed by atoms with Gasteiger partial charge in [0, 0.05) is 28.5 Å². The molecule has 0 spiro atoms. The molecule has 5 heteroatoms. The molecule has 4 nitrogen and oxygen atoms in total. The second-order valence-corrected chi connectivity index (χ2v) is 7.50. The molecule has 0 aliphatic rings. The van der Waals surface area contributed by atoms with Crippen molar-refractivity contribution in [3.05, 3.63) is 41.0 Å².